The van der Waals surface area contributed by atoms with Crippen molar-refractivity contribution in [2.45, 2.75) is 43.2 Å². The molecule has 1 aliphatic carbocycles. The molecule has 2 amide bonds. The van der Waals surface area contributed by atoms with E-state index in [4.69, 9.17) is 5.14 Å². The molecule has 10 heteroatoms. The number of primary sulfonamides is 1. The molecule has 2 aromatic rings. The van der Waals surface area contributed by atoms with Crippen molar-refractivity contribution in [1.82, 2.24) is 19.7 Å². The second kappa shape index (κ2) is 10.6. The summed E-state index contributed by atoms with van der Waals surface area (Å²) in [5.41, 5.74) is 1.48. The molecule has 3 N–H and O–H groups in total. The van der Waals surface area contributed by atoms with Gasteiger partial charge in [0.25, 0.3) is 15.9 Å². The Labute approximate surface area is 219 Å². The number of fused-ring (bicyclic) bond motifs is 1. The quantitative estimate of drug-likeness (QED) is 0.545. The minimum atomic E-state index is -3.88. The largest absolute Gasteiger partial charge is 0.349 e. The number of carbonyl (C=O) groups is 2. The summed E-state index contributed by atoms with van der Waals surface area (Å²) in [6.45, 7) is 4.05. The van der Waals surface area contributed by atoms with Gasteiger partial charge < -0.3 is 19.7 Å². The summed E-state index contributed by atoms with van der Waals surface area (Å²) in [5.74, 6) is 0.962. The van der Waals surface area contributed by atoms with Gasteiger partial charge in [0.1, 0.15) is 5.69 Å². The number of nitrogens with zero attached hydrogens (tertiary/aromatic N) is 3. The van der Waals surface area contributed by atoms with Gasteiger partial charge in [-0.1, -0.05) is 43.2 Å². The van der Waals surface area contributed by atoms with E-state index in [-0.39, 0.29) is 28.8 Å². The van der Waals surface area contributed by atoms with Crippen molar-refractivity contribution in [2.24, 2.45) is 29.9 Å². The Balaban J connectivity index is 1.17. The Morgan fingerprint density at radius 3 is 2.24 bits per heavy atom. The molecule has 200 valence electrons. The Bertz CT molecular complexity index is 1220. The van der Waals surface area contributed by atoms with E-state index in [1.54, 1.807) is 7.05 Å². The minimum absolute atomic E-state index is 0.00169. The monoisotopic (exact) mass is 527 g/mol. The number of amides is 2. The van der Waals surface area contributed by atoms with Crippen molar-refractivity contribution in [3.8, 4) is 0 Å². The van der Waals surface area contributed by atoms with Crippen molar-refractivity contribution in [3.63, 3.8) is 0 Å². The summed E-state index contributed by atoms with van der Waals surface area (Å²) in [6, 6.07) is 13.1. The highest BCUT2D eigenvalue weighted by molar-refractivity contribution is 7.89. The normalized spacial score (nSPS) is 23.4. The SMILES string of the molecule is Cn1c(C(=O)N2CC3CN(CC[C@H](NC(=O)C4CCCC4)c4ccccc4)CC3C2)ccc1S(N)(=O)=O. The number of rotatable bonds is 8. The van der Waals surface area contributed by atoms with Gasteiger partial charge >= 0.3 is 0 Å². The lowest BCUT2D eigenvalue weighted by atomic mass is 10.0. The molecule has 0 bridgehead atoms. The number of aromatic nitrogens is 1. The Morgan fingerprint density at radius 1 is 1.00 bits per heavy atom. The van der Waals surface area contributed by atoms with Gasteiger partial charge in [0.05, 0.1) is 6.04 Å². The zero-order valence-corrected chi connectivity index (χ0v) is 22.2. The van der Waals surface area contributed by atoms with Crippen LogP contribution in [0.25, 0.3) is 0 Å². The molecule has 0 spiro atoms. The van der Waals surface area contributed by atoms with E-state index in [2.05, 4.69) is 22.3 Å². The third-order valence-electron chi connectivity index (χ3n) is 8.41. The maximum Gasteiger partial charge on any atom is 0.270 e. The van der Waals surface area contributed by atoms with Crippen LogP contribution in [0.3, 0.4) is 0 Å². The van der Waals surface area contributed by atoms with Gasteiger partial charge in [-0.3, -0.25) is 9.59 Å². The van der Waals surface area contributed by atoms with E-state index in [9.17, 15) is 18.0 Å². The maximum absolute atomic E-state index is 13.1. The second-order valence-electron chi connectivity index (χ2n) is 10.9. The van der Waals surface area contributed by atoms with Crippen LogP contribution in [0.15, 0.2) is 47.5 Å². The number of carbonyl (C=O) groups excluding carboxylic acids is 2. The van der Waals surface area contributed by atoms with Crippen molar-refractivity contribution in [1.29, 1.82) is 0 Å². The average Bonchev–Trinajstić information content (AvgIpc) is 3.65. The molecule has 3 atom stereocenters. The highest BCUT2D eigenvalue weighted by Crippen LogP contribution is 2.33. The molecule has 1 aromatic carbocycles. The van der Waals surface area contributed by atoms with Crippen molar-refractivity contribution in [2.75, 3.05) is 32.7 Å². The van der Waals surface area contributed by atoms with Crippen LogP contribution in [-0.2, 0) is 21.9 Å². The number of likely N-dealkylation sites (tertiary alicyclic amines) is 2. The number of hydrogen-bond donors (Lipinski definition) is 2. The van der Waals surface area contributed by atoms with Crippen molar-refractivity contribution in [3.05, 3.63) is 53.7 Å². The fraction of sp³-hybridized carbons (Fsp3) is 0.556. The first kappa shape index (κ1) is 25.9. The molecule has 1 aromatic heterocycles. The lowest BCUT2D eigenvalue weighted by molar-refractivity contribution is -0.125. The average molecular weight is 528 g/mol. The van der Waals surface area contributed by atoms with E-state index >= 15 is 0 Å². The van der Waals surface area contributed by atoms with Crippen LogP contribution in [0.2, 0.25) is 0 Å². The van der Waals surface area contributed by atoms with Crippen LogP contribution in [0, 0.1) is 17.8 Å². The fourth-order valence-corrected chi connectivity index (χ4v) is 7.13. The molecule has 0 radical (unpaired) electrons. The number of hydrogen-bond acceptors (Lipinski definition) is 5. The number of nitrogens with one attached hydrogen (secondary N) is 1. The molecule has 5 rings (SSSR count). The standard InChI is InChI=1S/C27H37N5O4S/c1-30-24(11-12-25(30)37(28,35)36)27(34)32-17-21-15-31(16-22(21)18-32)14-13-23(19-7-3-2-4-8-19)29-26(33)20-9-5-6-10-20/h2-4,7-8,11-12,20-23H,5-6,9-10,13-18H2,1H3,(H,29,33)(H2,28,35,36)/t21?,22?,23-/m0/s1. The Kier molecular flexibility index (Phi) is 7.42. The van der Waals surface area contributed by atoms with Gasteiger partial charge in [-0.15, -0.1) is 0 Å². The van der Waals surface area contributed by atoms with Gasteiger partial charge in [0, 0.05) is 45.7 Å². The Morgan fingerprint density at radius 2 is 1.65 bits per heavy atom. The van der Waals surface area contributed by atoms with Gasteiger partial charge in [0.15, 0.2) is 5.03 Å². The summed E-state index contributed by atoms with van der Waals surface area (Å²) in [6.07, 6.45) is 5.11. The van der Waals surface area contributed by atoms with Crippen molar-refractivity contribution < 1.29 is 18.0 Å². The highest BCUT2D eigenvalue weighted by atomic mass is 32.2. The molecule has 2 saturated heterocycles. The van der Waals surface area contributed by atoms with E-state index < -0.39 is 10.0 Å². The summed E-state index contributed by atoms with van der Waals surface area (Å²) in [4.78, 5) is 30.3. The molecular weight excluding hydrogens is 490 g/mol. The first-order valence-electron chi connectivity index (χ1n) is 13.3. The predicted octanol–water partition coefficient (Wildman–Crippen LogP) is 2.11. The molecule has 1 saturated carbocycles. The molecule has 3 fully saturated rings. The molecule has 37 heavy (non-hydrogen) atoms. The van der Waals surface area contributed by atoms with Gasteiger partial charge in [-0.2, -0.15) is 0 Å². The fourth-order valence-electron chi connectivity index (χ4n) is 6.39. The molecular formula is C27H37N5O4S. The minimum Gasteiger partial charge on any atom is -0.349 e. The third-order valence-corrected chi connectivity index (χ3v) is 9.41. The summed E-state index contributed by atoms with van der Waals surface area (Å²) >= 11 is 0. The number of nitrogens with two attached hydrogens (primary N) is 1. The van der Waals surface area contributed by atoms with Crippen LogP contribution >= 0.6 is 0 Å². The number of benzene rings is 1. The van der Waals surface area contributed by atoms with Gasteiger partial charge in [-0.25, -0.2) is 13.6 Å². The predicted molar refractivity (Wildman–Crippen MR) is 140 cm³/mol. The van der Waals surface area contributed by atoms with Crippen LogP contribution in [-0.4, -0.2) is 67.3 Å². The van der Waals surface area contributed by atoms with Crippen LogP contribution in [0.1, 0.15) is 54.2 Å². The zero-order chi connectivity index (χ0) is 26.2. The molecule has 2 aliphatic heterocycles. The number of sulfonamides is 1. The van der Waals surface area contributed by atoms with Crippen LogP contribution in [0.5, 0.6) is 0 Å². The van der Waals surface area contributed by atoms with Crippen LogP contribution in [0.4, 0.5) is 0 Å². The van der Waals surface area contributed by atoms with E-state index in [1.807, 2.05) is 23.1 Å². The first-order chi connectivity index (χ1) is 17.7. The highest BCUT2D eigenvalue weighted by Gasteiger charge is 2.42. The topological polar surface area (TPSA) is 118 Å². The molecule has 2 unspecified atom stereocenters. The summed E-state index contributed by atoms with van der Waals surface area (Å²) in [5, 5.41) is 8.53. The van der Waals surface area contributed by atoms with E-state index in [0.29, 0.717) is 30.6 Å². The maximum atomic E-state index is 13.1. The zero-order valence-electron chi connectivity index (χ0n) is 21.4. The first-order valence-corrected chi connectivity index (χ1v) is 14.8. The van der Waals surface area contributed by atoms with E-state index in [0.717, 1.165) is 57.3 Å². The third kappa shape index (κ3) is 5.61. The van der Waals surface area contributed by atoms with E-state index in [1.165, 1.54) is 16.7 Å². The molecule has 3 aliphatic rings. The van der Waals surface area contributed by atoms with Gasteiger partial charge in [-0.05, 0) is 48.8 Å². The smallest absolute Gasteiger partial charge is 0.270 e. The Hall–Kier alpha value is -2.69. The lowest BCUT2D eigenvalue weighted by Gasteiger charge is -2.25. The van der Waals surface area contributed by atoms with Crippen LogP contribution < -0.4 is 10.5 Å². The summed E-state index contributed by atoms with van der Waals surface area (Å²) in [7, 11) is -2.32. The molecule has 3 heterocycles. The lowest BCUT2D eigenvalue weighted by Crippen LogP contribution is -2.37. The van der Waals surface area contributed by atoms with Gasteiger partial charge in [0.2, 0.25) is 5.91 Å². The second-order valence-corrected chi connectivity index (χ2v) is 12.4. The molecule has 9 nitrogen and oxygen atoms in total. The summed E-state index contributed by atoms with van der Waals surface area (Å²) < 4.78 is 24.8. The van der Waals surface area contributed by atoms with Crippen molar-refractivity contribution >= 4 is 21.8 Å².